The number of carbonyl (C=O) groups is 1. The summed E-state index contributed by atoms with van der Waals surface area (Å²) in [5, 5.41) is 3.40. The molecule has 0 fully saturated rings. The number of amides is 1. The highest BCUT2D eigenvalue weighted by molar-refractivity contribution is 5.68. The van der Waals surface area contributed by atoms with Gasteiger partial charge in [0.1, 0.15) is 11.4 Å². The van der Waals surface area contributed by atoms with E-state index in [4.69, 9.17) is 13.9 Å². The van der Waals surface area contributed by atoms with E-state index in [-0.39, 0.29) is 12.1 Å². The molecule has 0 radical (unpaired) electrons. The smallest absolute Gasteiger partial charge is 0.410 e. The molecule has 0 bridgehead atoms. The van der Waals surface area contributed by atoms with Crippen LogP contribution in [0.5, 0.6) is 0 Å². The van der Waals surface area contributed by atoms with Crippen molar-refractivity contribution in [1.82, 2.24) is 10.2 Å². The highest BCUT2D eigenvalue weighted by atomic mass is 16.6. The van der Waals surface area contributed by atoms with E-state index in [9.17, 15) is 4.79 Å². The summed E-state index contributed by atoms with van der Waals surface area (Å²) >= 11 is 0. The van der Waals surface area contributed by atoms with Crippen LogP contribution in [0, 0.1) is 0 Å². The molecule has 6 nitrogen and oxygen atoms in total. The van der Waals surface area contributed by atoms with E-state index >= 15 is 0 Å². The van der Waals surface area contributed by atoms with Gasteiger partial charge in [0, 0.05) is 39.2 Å². The summed E-state index contributed by atoms with van der Waals surface area (Å²) in [7, 11) is 1.62. The van der Waals surface area contributed by atoms with Crippen molar-refractivity contribution in [3.8, 4) is 0 Å². The fourth-order valence-corrected chi connectivity index (χ4v) is 2.07. The number of methoxy groups -OCH3 is 1. The number of nitrogens with one attached hydrogen (secondary N) is 1. The lowest BCUT2D eigenvalue weighted by Gasteiger charge is -2.27. The Morgan fingerprint density at radius 3 is 2.70 bits per heavy atom. The van der Waals surface area contributed by atoms with Crippen molar-refractivity contribution in [2.75, 3.05) is 33.4 Å². The van der Waals surface area contributed by atoms with Crippen LogP contribution in [-0.4, -0.2) is 56.0 Å². The number of ether oxygens (including phenoxy) is 2. The minimum Gasteiger partial charge on any atom is -0.469 e. The van der Waals surface area contributed by atoms with Crippen LogP contribution in [-0.2, 0) is 15.9 Å². The zero-order valence-corrected chi connectivity index (χ0v) is 14.9. The van der Waals surface area contributed by atoms with Gasteiger partial charge in [-0.2, -0.15) is 0 Å². The molecule has 1 amide bonds. The molecule has 0 saturated carbocycles. The summed E-state index contributed by atoms with van der Waals surface area (Å²) in [4.78, 5) is 13.9. The molecule has 1 atom stereocenters. The first-order valence-electron chi connectivity index (χ1n) is 8.04. The number of hydrogen-bond donors (Lipinski definition) is 1. The summed E-state index contributed by atoms with van der Waals surface area (Å²) in [6, 6.07) is 4.12. The van der Waals surface area contributed by atoms with Crippen LogP contribution in [0.3, 0.4) is 0 Å². The van der Waals surface area contributed by atoms with Crippen LogP contribution in [0.25, 0.3) is 0 Å². The van der Waals surface area contributed by atoms with Crippen molar-refractivity contribution >= 4 is 6.09 Å². The third-order valence-corrected chi connectivity index (χ3v) is 3.18. The summed E-state index contributed by atoms with van der Waals surface area (Å²) in [5.74, 6) is 0.952. The maximum atomic E-state index is 12.2. The zero-order valence-electron chi connectivity index (χ0n) is 14.9. The number of carbonyl (C=O) groups excluding carboxylic acids is 1. The Labute approximate surface area is 139 Å². The highest BCUT2D eigenvalue weighted by Crippen LogP contribution is 2.10. The molecule has 0 aliphatic carbocycles. The standard InChI is InChI=1S/C17H30N2O4/c1-14(13-15-7-6-11-22-15)18-8-9-19(10-12-21-5)16(20)23-17(2,3)4/h6-7,11,14,18H,8-10,12-13H2,1-5H3. The van der Waals surface area contributed by atoms with E-state index in [1.54, 1.807) is 18.3 Å². The largest absolute Gasteiger partial charge is 0.469 e. The van der Waals surface area contributed by atoms with Crippen LogP contribution >= 0.6 is 0 Å². The van der Waals surface area contributed by atoms with Crippen LogP contribution in [0.1, 0.15) is 33.5 Å². The fourth-order valence-electron chi connectivity index (χ4n) is 2.07. The maximum Gasteiger partial charge on any atom is 0.410 e. The molecular weight excluding hydrogens is 296 g/mol. The summed E-state index contributed by atoms with van der Waals surface area (Å²) < 4.78 is 15.8. The highest BCUT2D eigenvalue weighted by Gasteiger charge is 2.21. The zero-order chi connectivity index (χ0) is 17.3. The molecule has 1 unspecified atom stereocenters. The van der Waals surface area contributed by atoms with Crippen molar-refractivity contribution < 1.29 is 18.7 Å². The minimum absolute atomic E-state index is 0.268. The van der Waals surface area contributed by atoms with Gasteiger partial charge in [-0.05, 0) is 39.8 Å². The second-order valence-electron chi connectivity index (χ2n) is 6.60. The van der Waals surface area contributed by atoms with Crippen LogP contribution in [0.4, 0.5) is 4.79 Å². The van der Waals surface area contributed by atoms with Gasteiger partial charge in [0.2, 0.25) is 0 Å². The molecule has 1 heterocycles. The number of hydrogen-bond acceptors (Lipinski definition) is 5. The van der Waals surface area contributed by atoms with Crippen molar-refractivity contribution in [2.45, 2.75) is 45.8 Å². The number of nitrogens with zero attached hydrogens (tertiary/aromatic N) is 1. The van der Waals surface area contributed by atoms with Crippen LogP contribution in [0.2, 0.25) is 0 Å². The van der Waals surface area contributed by atoms with Gasteiger partial charge in [0.05, 0.1) is 12.9 Å². The van der Waals surface area contributed by atoms with E-state index in [2.05, 4.69) is 12.2 Å². The van der Waals surface area contributed by atoms with E-state index in [0.29, 0.717) is 26.2 Å². The quantitative estimate of drug-likeness (QED) is 0.756. The first kappa shape index (κ1) is 19.5. The Balaban J connectivity index is 2.39. The summed E-state index contributed by atoms with van der Waals surface area (Å²) in [5.41, 5.74) is -0.498. The van der Waals surface area contributed by atoms with Crippen LogP contribution in [0.15, 0.2) is 22.8 Å². The van der Waals surface area contributed by atoms with Gasteiger partial charge in [-0.25, -0.2) is 4.79 Å². The topological polar surface area (TPSA) is 63.9 Å². The molecule has 132 valence electrons. The Bertz CT molecular complexity index is 440. The monoisotopic (exact) mass is 326 g/mol. The maximum absolute atomic E-state index is 12.2. The Morgan fingerprint density at radius 2 is 2.13 bits per heavy atom. The SMILES string of the molecule is COCCN(CCNC(C)Cc1ccco1)C(=O)OC(C)(C)C. The molecule has 1 aromatic heterocycles. The average molecular weight is 326 g/mol. The Hall–Kier alpha value is -1.53. The van der Waals surface area contributed by atoms with Crippen molar-refractivity contribution in [3.63, 3.8) is 0 Å². The van der Waals surface area contributed by atoms with Crippen LogP contribution < -0.4 is 5.32 Å². The van der Waals surface area contributed by atoms with Crippen molar-refractivity contribution in [1.29, 1.82) is 0 Å². The normalized spacial score (nSPS) is 12.9. The van der Waals surface area contributed by atoms with E-state index in [1.165, 1.54) is 0 Å². The van der Waals surface area contributed by atoms with Gasteiger partial charge in [-0.15, -0.1) is 0 Å². The lowest BCUT2D eigenvalue weighted by atomic mass is 10.2. The van der Waals surface area contributed by atoms with Gasteiger partial charge in [-0.3, -0.25) is 0 Å². The molecule has 1 aromatic rings. The second kappa shape index (κ2) is 9.57. The third kappa shape index (κ3) is 8.62. The van der Waals surface area contributed by atoms with Crippen molar-refractivity contribution in [2.24, 2.45) is 0 Å². The van der Waals surface area contributed by atoms with Gasteiger partial charge >= 0.3 is 6.09 Å². The first-order chi connectivity index (χ1) is 10.8. The summed E-state index contributed by atoms with van der Waals surface area (Å²) in [6.45, 7) is 9.94. The lowest BCUT2D eigenvalue weighted by molar-refractivity contribution is 0.0203. The molecule has 0 aliphatic heterocycles. The Kier molecular flexibility index (Phi) is 8.12. The van der Waals surface area contributed by atoms with Gasteiger partial charge in [0.25, 0.3) is 0 Å². The lowest BCUT2D eigenvalue weighted by Crippen LogP contribution is -2.43. The molecule has 23 heavy (non-hydrogen) atoms. The predicted octanol–water partition coefficient (Wildman–Crippen LogP) is 2.68. The van der Waals surface area contributed by atoms with E-state index in [1.807, 2.05) is 32.9 Å². The molecule has 1 N–H and O–H groups in total. The molecular formula is C17H30N2O4. The third-order valence-electron chi connectivity index (χ3n) is 3.18. The van der Waals surface area contributed by atoms with E-state index in [0.717, 1.165) is 12.2 Å². The summed E-state index contributed by atoms with van der Waals surface area (Å²) in [6.07, 6.45) is 2.18. The average Bonchev–Trinajstić information content (AvgIpc) is 2.93. The van der Waals surface area contributed by atoms with Gasteiger partial charge < -0.3 is 24.1 Å². The first-order valence-corrected chi connectivity index (χ1v) is 8.04. The molecule has 0 aliphatic rings. The van der Waals surface area contributed by atoms with E-state index < -0.39 is 5.60 Å². The Morgan fingerprint density at radius 1 is 1.39 bits per heavy atom. The van der Waals surface area contributed by atoms with Gasteiger partial charge in [0.15, 0.2) is 0 Å². The predicted molar refractivity (Wildman–Crippen MR) is 89.6 cm³/mol. The number of furan rings is 1. The molecule has 0 aromatic carbocycles. The fraction of sp³-hybridized carbons (Fsp3) is 0.706. The molecule has 1 rings (SSSR count). The molecule has 0 saturated heterocycles. The van der Waals surface area contributed by atoms with Crippen molar-refractivity contribution in [3.05, 3.63) is 24.2 Å². The number of rotatable bonds is 9. The second-order valence-corrected chi connectivity index (χ2v) is 6.60. The molecule has 6 heteroatoms. The minimum atomic E-state index is -0.498. The molecule has 0 spiro atoms. The van der Waals surface area contributed by atoms with Gasteiger partial charge in [-0.1, -0.05) is 0 Å².